The Morgan fingerprint density at radius 1 is 1.34 bits per heavy atom. The molecule has 1 aromatic heterocycles. The number of fused-ring (bicyclic) bond motifs is 1. The first-order valence-electron chi connectivity index (χ1n) is 12.2. The van der Waals surface area contributed by atoms with Crippen LogP contribution >= 0.6 is 11.9 Å². The van der Waals surface area contributed by atoms with E-state index in [9.17, 15) is 18.4 Å². The van der Waals surface area contributed by atoms with Crippen LogP contribution in [0.2, 0.25) is 0 Å². The lowest BCUT2D eigenvalue weighted by Crippen LogP contribution is -2.42. The van der Waals surface area contributed by atoms with Crippen molar-refractivity contribution in [3.63, 3.8) is 0 Å². The van der Waals surface area contributed by atoms with Crippen LogP contribution in [-0.4, -0.2) is 45.9 Å². The van der Waals surface area contributed by atoms with Gasteiger partial charge in [0, 0.05) is 31.7 Å². The quantitative estimate of drug-likeness (QED) is 0.417. The first-order valence-corrected chi connectivity index (χ1v) is 13.1. The Balaban J connectivity index is 1.43. The second kappa shape index (κ2) is 11.0. The molecule has 1 saturated carbocycles. The van der Waals surface area contributed by atoms with Gasteiger partial charge in [0.15, 0.2) is 6.61 Å². The van der Waals surface area contributed by atoms with Gasteiger partial charge in [-0.1, -0.05) is 43.8 Å². The molecule has 1 aromatic carbocycles. The number of carbonyl (C=O) groups is 2. The molecular formula is C25H32F2N4O3S. The highest BCUT2D eigenvalue weighted by Gasteiger charge is 2.34. The number of aryl methyl sites for hydroxylation is 2. The summed E-state index contributed by atoms with van der Waals surface area (Å²) >= 11 is 1.30. The van der Waals surface area contributed by atoms with E-state index < -0.39 is 12.5 Å². The lowest BCUT2D eigenvalue weighted by Gasteiger charge is -2.23. The van der Waals surface area contributed by atoms with Gasteiger partial charge in [0.2, 0.25) is 0 Å². The highest BCUT2D eigenvalue weighted by Crippen LogP contribution is 2.33. The fraction of sp³-hybridized carbons (Fsp3) is 0.560. The van der Waals surface area contributed by atoms with E-state index >= 15 is 0 Å². The molecule has 0 radical (unpaired) electrons. The number of amides is 2. The van der Waals surface area contributed by atoms with Crippen LogP contribution in [-0.2, 0) is 19.4 Å². The number of aromatic nitrogens is 2. The fourth-order valence-corrected chi connectivity index (χ4v) is 4.61. The molecule has 4 rings (SSSR count). The summed E-state index contributed by atoms with van der Waals surface area (Å²) in [6, 6.07) is 6.96. The van der Waals surface area contributed by atoms with Crippen molar-refractivity contribution in [3.05, 3.63) is 46.8 Å². The van der Waals surface area contributed by atoms with Crippen LogP contribution in [0, 0.1) is 5.92 Å². The number of alkyl halides is 2. The molecule has 0 unspecified atom stereocenters. The fourth-order valence-electron chi connectivity index (χ4n) is 4.24. The molecule has 2 heterocycles. The molecule has 2 N–H and O–H groups in total. The Bertz CT molecular complexity index is 1070. The Hall–Kier alpha value is -2.62. The molecule has 0 bridgehead atoms. The van der Waals surface area contributed by atoms with Gasteiger partial charge >= 0.3 is 0 Å². The topological polar surface area (TPSA) is 85.2 Å². The average molecular weight is 507 g/mol. The number of nitrogens with one attached hydrogen (secondary N) is 2. The van der Waals surface area contributed by atoms with Gasteiger partial charge < -0.3 is 10.1 Å². The molecule has 0 saturated heterocycles. The Morgan fingerprint density at radius 3 is 2.86 bits per heavy atom. The molecule has 7 nitrogen and oxygen atoms in total. The third-order valence-corrected chi connectivity index (χ3v) is 6.79. The van der Waals surface area contributed by atoms with Crippen molar-refractivity contribution in [3.8, 4) is 5.75 Å². The predicted molar refractivity (Wildman–Crippen MR) is 131 cm³/mol. The molecule has 0 spiro atoms. The van der Waals surface area contributed by atoms with Gasteiger partial charge in [-0.3, -0.25) is 19.0 Å². The number of ether oxygens (including phenoxy) is 1. The highest BCUT2D eigenvalue weighted by atomic mass is 32.2. The summed E-state index contributed by atoms with van der Waals surface area (Å²) in [6.45, 7) is 2.72. The second-order valence-electron chi connectivity index (χ2n) is 9.41. The van der Waals surface area contributed by atoms with E-state index in [0.29, 0.717) is 54.4 Å². The van der Waals surface area contributed by atoms with Crippen molar-refractivity contribution in [2.45, 2.75) is 70.9 Å². The SMILES string of the molecule is CCSNC(=O)c1c2c(nn1CCC1CC1)C[C@H](CCc1cccc(OCC(C)(F)F)c1)NC2=O. The summed E-state index contributed by atoms with van der Waals surface area (Å²) in [5.74, 6) is -1.65. The predicted octanol–water partition coefficient (Wildman–Crippen LogP) is 4.40. The maximum Gasteiger partial charge on any atom is 0.280 e. The van der Waals surface area contributed by atoms with E-state index in [1.807, 2.05) is 13.0 Å². The van der Waals surface area contributed by atoms with Crippen molar-refractivity contribution in [1.29, 1.82) is 0 Å². The van der Waals surface area contributed by atoms with Gasteiger partial charge in [-0.15, -0.1) is 0 Å². The molecule has 1 aliphatic carbocycles. The summed E-state index contributed by atoms with van der Waals surface area (Å²) in [4.78, 5) is 25.9. The van der Waals surface area contributed by atoms with Crippen LogP contribution < -0.4 is 14.8 Å². The van der Waals surface area contributed by atoms with Crippen LogP contribution in [0.1, 0.15) is 71.6 Å². The van der Waals surface area contributed by atoms with Gasteiger partial charge in [-0.05, 0) is 42.9 Å². The zero-order chi connectivity index (χ0) is 25.0. The van der Waals surface area contributed by atoms with Gasteiger partial charge in [0.1, 0.15) is 11.4 Å². The van der Waals surface area contributed by atoms with Crippen LogP contribution in [0.15, 0.2) is 24.3 Å². The molecule has 10 heteroatoms. The molecule has 1 fully saturated rings. The molecule has 2 aliphatic rings. The number of nitrogens with zero attached hydrogens (tertiary/aromatic N) is 2. The van der Waals surface area contributed by atoms with Gasteiger partial charge in [0.05, 0.1) is 11.3 Å². The number of halogens is 2. The molecular weight excluding hydrogens is 474 g/mol. The third kappa shape index (κ3) is 6.96. The van der Waals surface area contributed by atoms with Crippen LogP contribution in [0.3, 0.4) is 0 Å². The minimum atomic E-state index is -2.90. The smallest absolute Gasteiger partial charge is 0.280 e. The zero-order valence-electron chi connectivity index (χ0n) is 20.1. The lowest BCUT2D eigenvalue weighted by atomic mass is 9.95. The number of hydrogen-bond donors (Lipinski definition) is 2. The maximum atomic E-state index is 13.1. The van der Waals surface area contributed by atoms with E-state index in [2.05, 4.69) is 10.0 Å². The molecule has 2 aromatic rings. The summed E-state index contributed by atoms with van der Waals surface area (Å²) in [6.07, 6.45) is 5.21. The van der Waals surface area contributed by atoms with Crippen molar-refractivity contribution < 1.29 is 23.1 Å². The zero-order valence-corrected chi connectivity index (χ0v) is 20.9. The van der Waals surface area contributed by atoms with Crippen molar-refractivity contribution in [2.24, 2.45) is 5.92 Å². The molecule has 1 atom stereocenters. The molecule has 190 valence electrons. The Kier molecular flexibility index (Phi) is 7.98. The van der Waals surface area contributed by atoms with E-state index in [0.717, 1.165) is 24.7 Å². The van der Waals surface area contributed by atoms with Crippen molar-refractivity contribution in [1.82, 2.24) is 19.8 Å². The summed E-state index contributed by atoms with van der Waals surface area (Å²) in [7, 11) is 0. The third-order valence-electron chi connectivity index (χ3n) is 6.17. The van der Waals surface area contributed by atoms with Crippen LogP contribution in [0.4, 0.5) is 8.78 Å². The number of rotatable bonds is 12. The molecule has 35 heavy (non-hydrogen) atoms. The summed E-state index contributed by atoms with van der Waals surface area (Å²) < 4.78 is 35.9. The number of carbonyl (C=O) groups excluding carboxylic acids is 2. The van der Waals surface area contributed by atoms with E-state index in [4.69, 9.17) is 9.84 Å². The summed E-state index contributed by atoms with van der Waals surface area (Å²) in [5, 5.41) is 7.73. The standard InChI is InChI=1S/C25H32F2N4O3S/c1-3-35-30-24(33)22-21-20(29-31(22)12-11-16-7-8-16)14-18(28-23(21)32)10-9-17-5-4-6-19(13-17)34-15-25(2,26)27/h4-6,13,16,18H,3,7-12,14-15H2,1-2H3,(H,28,32)(H,30,33)/t18-/m0/s1. The Labute approximate surface area is 208 Å². The van der Waals surface area contributed by atoms with Crippen LogP contribution in [0.5, 0.6) is 5.75 Å². The average Bonchev–Trinajstić information content (AvgIpc) is 3.57. The largest absolute Gasteiger partial charge is 0.487 e. The van der Waals surface area contributed by atoms with E-state index in [1.54, 1.807) is 22.9 Å². The normalized spacial score (nSPS) is 17.6. The number of benzene rings is 1. The van der Waals surface area contributed by atoms with E-state index in [-0.39, 0.29) is 17.9 Å². The number of hydrogen-bond acceptors (Lipinski definition) is 5. The first-order chi connectivity index (χ1) is 16.7. The maximum absolute atomic E-state index is 13.1. The van der Waals surface area contributed by atoms with Crippen molar-refractivity contribution >= 4 is 23.8 Å². The summed E-state index contributed by atoms with van der Waals surface area (Å²) in [5.41, 5.74) is 2.31. The van der Waals surface area contributed by atoms with Crippen LogP contribution in [0.25, 0.3) is 0 Å². The molecule has 1 aliphatic heterocycles. The monoisotopic (exact) mass is 506 g/mol. The van der Waals surface area contributed by atoms with E-state index in [1.165, 1.54) is 24.8 Å². The second-order valence-corrected chi connectivity index (χ2v) is 10.5. The van der Waals surface area contributed by atoms with Gasteiger partial charge in [0.25, 0.3) is 17.7 Å². The first kappa shape index (κ1) is 25.5. The Morgan fingerprint density at radius 2 is 2.14 bits per heavy atom. The lowest BCUT2D eigenvalue weighted by molar-refractivity contribution is -0.0229. The highest BCUT2D eigenvalue weighted by molar-refractivity contribution is 7.97. The minimum Gasteiger partial charge on any atom is -0.487 e. The van der Waals surface area contributed by atoms with Crippen molar-refractivity contribution in [2.75, 3.05) is 12.4 Å². The van der Waals surface area contributed by atoms with Gasteiger partial charge in [-0.25, -0.2) is 8.78 Å². The van der Waals surface area contributed by atoms with Gasteiger partial charge in [-0.2, -0.15) is 5.10 Å². The molecule has 2 amide bonds. The minimum absolute atomic E-state index is 0.132.